The number of carbonyl (C=O) groups is 4. The molecule has 0 rings (SSSR count). The lowest BCUT2D eigenvalue weighted by Crippen LogP contribution is -2.30. The number of hydrogen-bond acceptors (Lipinski definition) is 15. The smallest absolute Gasteiger partial charge is 0.462 e. The van der Waals surface area contributed by atoms with Crippen LogP contribution in [0.15, 0.2) is 36.5 Å². The maximum atomic E-state index is 13.1. The molecule has 564 valence electrons. The highest BCUT2D eigenvalue weighted by molar-refractivity contribution is 7.47. The van der Waals surface area contributed by atoms with Crippen molar-refractivity contribution in [1.29, 1.82) is 0 Å². The van der Waals surface area contributed by atoms with E-state index in [1.54, 1.807) is 0 Å². The average Bonchev–Trinajstić information content (AvgIpc) is 1.17. The minimum Gasteiger partial charge on any atom is -0.462 e. The minimum absolute atomic E-state index is 0.0976. The second-order valence-corrected chi connectivity index (χ2v) is 29.6. The van der Waals surface area contributed by atoms with E-state index >= 15 is 0 Å². The minimum atomic E-state index is -4.96. The summed E-state index contributed by atoms with van der Waals surface area (Å²) in [7, 11) is -9.93. The summed E-state index contributed by atoms with van der Waals surface area (Å²) >= 11 is 0. The highest BCUT2D eigenvalue weighted by atomic mass is 31.2. The molecular formula is C77H144O17P2. The lowest BCUT2D eigenvalue weighted by Gasteiger charge is -2.21. The molecule has 0 aliphatic heterocycles. The third kappa shape index (κ3) is 69.7. The van der Waals surface area contributed by atoms with Crippen molar-refractivity contribution in [3.8, 4) is 0 Å². The van der Waals surface area contributed by atoms with Crippen LogP contribution < -0.4 is 0 Å². The zero-order valence-electron chi connectivity index (χ0n) is 61.6. The summed E-state index contributed by atoms with van der Waals surface area (Å²) in [6.45, 7) is 4.90. The van der Waals surface area contributed by atoms with Gasteiger partial charge in [0, 0.05) is 25.7 Å². The fourth-order valence-corrected chi connectivity index (χ4v) is 12.7. The molecule has 0 aromatic carbocycles. The average molecular weight is 1400 g/mol. The van der Waals surface area contributed by atoms with Gasteiger partial charge in [-0.2, -0.15) is 0 Å². The van der Waals surface area contributed by atoms with E-state index in [2.05, 4.69) is 64.2 Å². The van der Waals surface area contributed by atoms with E-state index in [1.165, 1.54) is 154 Å². The van der Waals surface area contributed by atoms with Gasteiger partial charge in [-0.05, 0) is 83.5 Å². The molecule has 0 aromatic heterocycles. The van der Waals surface area contributed by atoms with Crippen molar-refractivity contribution in [2.24, 2.45) is 0 Å². The van der Waals surface area contributed by atoms with Crippen molar-refractivity contribution in [3.05, 3.63) is 36.5 Å². The van der Waals surface area contributed by atoms with Gasteiger partial charge in [0.1, 0.15) is 19.3 Å². The molecule has 96 heavy (non-hydrogen) atoms. The Hall–Kier alpha value is -2.72. The SMILES string of the molecule is CCCCC/C=C\C/C=C\CCCCCCCC(=O)OC[C@H](COP(=O)(O)OC[C@@H](O)COP(=O)(O)OC[C@@H](COC(=O)CCCCCCCCCCCCCCC)OC(=O)CCCCCCCCC/C=C\CCCCCC)OC(=O)CCCCCCCCCCCCCCC. The van der Waals surface area contributed by atoms with Gasteiger partial charge in [0.15, 0.2) is 12.2 Å². The number of aliphatic hydroxyl groups excluding tert-OH is 1. The van der Waals surface area contributed by atoms with Crippen LogP contribution in [0.25, 0.3) is 0 Å². The summed E-state index contributed by atoms with van der Waals surface area (Å²) in [5, 5.41) is 10.6. The van der Waals surface area contributed by atoms with Crippen LogP contribution in [0.3, 0.4) is 0 Å². The summed E-state index contributed by atoms with van der Waals surface area (Å²) in [4.78, 5) is 72.8. The maximum absolute atomic E-state index is 13.1. The van der Waals surface area contributed by atoms with Gasteiger partial charge < -0.3 is 33.8 Å². The van der Waals surface area contributed by atoms with Crippen molar-refractivity contribution < 1.29 is 80.2 Å². The van der Waals surface area contributed by atoms with Gasteiger partial charge in [-0.15, -0.1) is 0 Å². The van der Waals surface area contributed by atoms with Gasteiger partial charge in [0.25, 0.3) is 0 Å². The summed E-state index contributed by atoms with van der Waals surface area (Å²) < 4.78 is 68.5. The van der Waals surface area contributed by atoms with E-state index in [-0.39, 0.29) is 25.7 Å². The Bertz CT molecular complexity index is 1970. The quantitative estimate of drug-likeness (QED) is 0.0169. The summed E-state index contributed by atoms with van der Waals surface area (Å²) in [5.41, 5.74) is 0. The third-order valence-corrected chi connectivity index (χ3v) is 19.0. The predicted molar refractivity (Wildman–Crippen MR) is 391 cm³/mol. The Balaban J connectivity index is 5.30. The molecule has 0 saturated heterocycles. The number of phosphoric ester groups is 2. The van der Waals surface area contributed by atoms with E-state index in [0.29, 0.717) is 25.7 Å². The molecule has 0 heterocycles. The first-order valence-electron chi connectivity index (χ1n) is 39.2. The van der Waals surface area contributed by atoms with Crippen molar-refractivity contribution >= 4 is 39.5 Å². The van der Waals surface area contributed by atoms with Crippen molar-refractivity contribution in [1.82, 2.24) is 0 Å². The fraction of sp³-hybridized carbons (Fsp3) is 0.870. The first-order chi connectivity index (χ1) is 46.7. The molecule has 2 unspecified atom stereocenters. The Morgan fingerprint density at radius 1 is 0.292 bits per heavy atom. The van der Waals surface area contributed by atoms with Crippen molar-refractivity contribution in [2.75, 3.05) is 39.6 Å². The Morgan fingerprint density at radius 2 is 0.510 bits per heavy atom. The summed E-state index contributed by atoms with van der Waals surface area (Å²) in [6, 6.07) is 0. The molecule has 0 spiro atoms. The molecule has 0 aliphatic rings. The highest BCUT2D eigenvalue weighted by Gasteiger charge is 2.30. The van der Waals surface area contributed by atoms with Crippen LogP contribution in [0.4, 0.5) is 0 Å². The molecular weight excluding hydrogens is 1260 g/mol. The first-order valence-corrected chi connectivity index (χ1v) is 42.2. The van der Waals surface area contributed by atoms with E-state index in [1.807, 2.05) is 0 Å². The zero-order chi connectivity index (χ0) is 70.4. The first kappa shape index (κ1) is 93.3. The summed E-state index contributed by atoms with van der Waals surface area (Å²) in [5.74, 6) is -2.15. The molecule has 0 aromatic rings. The predicted octanol–water partition coefficient (Wildman–Crippen LogP) is 22.3. The van der Waals surface area contributed by atoms with Crippen LogP contribution in [0.5, 0.6) is 0 Å². The van der Waals surface area contributed by atoms with Gasteiger partial charge >= 0.3 is 39.5 Å². The van der Waals surface area contributed by atoms with E-state index in [9.17, 15) is 43.2 Å². The molecule has 0 fully saturated rings. The number of aliphatic hydroxyl groups is 1. The van der Waals surface area contributed by atoms with E-state index < -0.39 is 97.5 Å². The van der Waals surface area contributed by atoms with Crippen molar-refractivity contribution in [3.63, 3.8) is 0 Å². The number of carbonyl (C=O) groups excluding carboxylic acids is 4. The number of ether oxygens (including phenoxy) is 4. The van der Waals surface area contributed by atoms with Crippen LogP contribution in [0.1, 0.15) is 374 Å². The highest BCUT2D eigenvalue weighted by Crippen LogP contribution is 2.45. The number of rotatable bonds is 75. The third-order valence-electron chi connectivity index (χ3n) is 17.1. The molecule has 17 nitrogen and oxygen atoms in total. The standard InChI is InChI=1S/C77H144O17P2/c1-5-9-13-17-21-25-29-33-35-39-42-46-50-54-58-62-75(80)88-68-72(93-76(81)63-59-55-51-47-43-38-32-28-24-20-16-12-8-4)69-91-95(83,84)89-65-71(78)66-90-96(85,86)92-70-73(67-87-74(79)61-57-53-49-45-41-37-31-27-23-19-15-11-7-3)94-77(82)64-60-56-52-48-44-40-36-34-30-26-22-18-14-10-6-2/h21,25-26,30,33,35,71-73,78H,5-20,22-24,27-29,31-32,34,36-70H2,1-4H3,(H,83,84)(H,85,86)/b25-21-,30-26-,35-33-/t71-,72-,73-/m1/s1. The second-order valence-electron chi connectivity index (χ2n) is 26.7. The normalized spacial score (nSPS) is 14.1. The number of unbranched alkanes of at least 4 members (excludes halogenated alkanes) is 43. The number of esters is 4. The zero-order valence-corrected chi connectivity index (χ0v) is 63.4. The number of allylic oxidation sites excluding steroid dienone is 6. The van der Waals surface area contributed by atoms with Gasteiger partial charge in [-0.25, -0.2) is 9.13 Å². The van der Waals surface area contributed by atoms with Gasteiger partial charge in [-0.1, -0.05) is 302 Å². The fourth-order valence-electron chi connectivity index (χ4n) is 11.1. The summed E-state index contributed by atoms with van der Waals surface area (Å²) in [6.07, 6.45) is 65.5. The number of hydrogen-bond donors (Lipinski definition) is 3. The van der Waals surface area contributed by atoms with Gasteiger partial charge in [0.2, 0.25) is 0 Å². The lowest BCUT2D eigenvalue weighted by atomic mass is 10.0. The van der Waals surface area contributed by atoms with Crippen LogP contribution in [0, 0.1) is 0 Å². The van der Waals surface area contributed by atoms with E-state index in [0.717, 1.165) is 141 Å². The topological polar surface area (TPSA) is 237 Å². The Labute approximate surface area is 585 Å². The molecule has 0 amide bonds. The second kappa shape index (κ2) is 70.7. The molecule has 3 N–H and O–H groups in total. The van der Waals surface area contributed by atoms with Gasteiger partial charge in [-0.3, -0.25) is 37.3 Å². The monoisotopic (exact) mass is 1400 g/mol. The number of phosphoric acid groups is 2. The van der Waals surface area contributed by atoms with E-state index in [4.69, 9.17) is 37.0 Å². The Morgan fingerprint density at radius 3 is 0.812 bits per heavy atom. The molecule has 5 atom stereocenters. The van der Waals surface area contributed by atoms with Crippen LogP contribution >= 0.6 is 15.6 Å². The van der Waals surface area contributed by atoms with Crippen molar-refractivity contribution in [2.45, 2.75) is 393 Å². The largest absolute Gasteiger partial charge is 0.472 e. The molecule has 0 bridgehead atoms. The lowest BCUT2D eigenvalue weighted by molar-refractivity contribution is -0.161. The van der Waals surface area contributed by atoms with Crippen LogP contribution in [-0.4, -0.2) is 96.7 Å². The molecule has 19 heteroatoms. The Kier molecular flexibility index (Phi) is 68.7. The molecule has 0 saturated carbocycles. The van der Waals surface area contributed by atoms with Crippen LogP contribution in [0.2, 0.25) is 0 Å². The van der Waals surface area contributed by atoms with Gasteiger partial charge in [0.05, 0.1) is 26.4 Å². The van der Waals surface area contributed by atoms with Crippen LogP contribution in [-0.2, 0) is 65.4 Å². The molecule has 0 aliphatic carbocycles. The maximum Gasteiger partial charge on any atom is 0.472 e. The molecule has 0 radical (unpaired) electrons.